The Kier molecular flexibility index (Phi) is 4.17. The number of carbonyl (C=O) groups is 2. The molecule has 25 heavy (non-hydrogen) atoms. The summed E-state index contributed by atoms with van der Waals surface area (Å²) in [5, 5.41) is 4.94. The number of urea groups is 1. The Bertz CT molecular complexity index is 775. The van der Waals surface area contributed by atoms with Crippen LogP contribution in [0.3, 0.4) is 0 Å². The molecule has 3 amide bonds. The monoisotopic (exact) mass is 356 g/mol. The lowest BCUT2D eigenvalue weighted by Crippen LogP contribution is -2.45. The molecule has 1 aromatic heterocycles. The molecule has 3 aliphatic rings. The van der Waals surface area contributed by atoms with E-state index in [9.17, 15) is 9.59 Å². The third kappa shape index (κ3) is 3.11. The average Bonchev–Trinajstić information content (AvgIpc) is 3.02. The Balaban J connectivity index is 1.44. The number of fused-ring (bicyclic) bond motifs is 4. The number of benzene rings is 1. The van der Waals surface area contributed by atoms with E-state index < -0.39 is 0 Å². The predicted octanol–water partition coefficient (Wildman–Crippen LogP) is 2.89. The van der Waals surface area contributed by atoms with Crippen molar-refractivity contribution in [2.75, 3.05) is 25.5 Å². The number of hydrogen-bond acceptors (Lipinski definition) is 4. The molecule has 0 spiro atoms. The minimum absolute atomic E-state index is 0.0680. The number of anilines is 1. The molecule has 3 fully saturated rings. The number of amides is 3. The van der Waals surface area contributed by atoms with Crippen molar-refractivity contribution < 1.29 is 9.59 Å². The second-order valence-corrected chi connectivity index (χ2v) is 7.38. The van der Waals surface area contributed by atoms with Gasteiger partial charge >= 0.3 is 6.03 Å². The van der Waals surface area contributed by atoms with Crippen LogP contribution < -0.4 is 5.32 Å². The van der Waals surface area contributed by atoms with Gasteiger partial charge in [-0.1, -0.05) is 12.1 Å². The van der Waals surface area contributed by atoms with E-state index in [4.69, 9.17) is 0 Å². The van der Waals surface area contributed by atoms with Gasteiger partial charge in [-0.2, -0.15) is 0 Å². The van der Waals surface area contributed by atoms with Gasteiger partial charge in [0.15, 0.2) is 0 Å². The van der Waals surface area contributed by atoms with Crippen LogP contribution in [0.2, 0.25) is 0 Å². The number of hydrogen-bond donors (Lipinski definition) is 1. The highest BCUT2D eigenvalue weighted by atomic mass is 32.1. The maximum absolute atomic E-state index is 12.6. The Morgan fingerprint density at radius 3 is 2.76 bits per heavy atom. The van der Waals surface area contributed by atoms with E-state index in [1.54, 1.807) is 21.7 Å². The molecule has 3 aliphatic heterocycles. The minimum Gasteiger partial charge on any atom is -0.341 e. The zero-order chi connectivity index (χ0) is 17.4. The van der Waals surface area contributed by atoms with Crippen molar-refractivity contribution in [2.45, 2.75) is 18.9 Å². The number of nitrogens with zero attached hydrogens (tertiary/aromatic N) is 3. The standard InChI is InChI=1S/C18H20N4O2S/c1-21-15-7-4-13(17(21)23)8-22(9-15)18(24)20-14-5-2-12(3-6-14)16-10-25-11-19-16/h2-3,5-6,10-11,13,15H,4,7-9H2,1H3,(H,20,24). The SMILES string of the molecule is CN1C(=O)C2CCC1CN(C(=O)Nc1ccc(-c3cscn3)cc1)C2. The van der Waals surface area contributed by atoms with Crippen LogP contribution in [0, 0.1) is 5.92 Å². The van der Waals surface area contributed by atoms with E-state index in [0.717, 1.165) is 29.8 Å². The topological polar surface area (TPSA) is 65.5 Å². The Hall–Kier alpha value is -2.41. The van der Waals surface area contributed by atoms with E-state index in [1.165, 1.54) is 0 Å². The van der Waals surface area contributed by atoms with Crippen LogP contribution in [-0.4, -0.2) is 52.9 Å². The summed E-state index contributed by atoms with van der Waals surface area (Å²) in [6.45, 7) is 1.10. The fourth-order valence-corrected chi connectivity index (χ4v) is 4.17. The molecule has 3 saturated heterocycles. The number of likely N-dealkylation sites (N-methyl/N-ethyl adjacent to an activating group) is 1. The van der Waals surface area contributed by atoms with Crippen molar-refractivity contribution in [3.63, 3.8) is 0 Å². The maximum Gasteiger partial charge on any atom is 0.321 e. The van der Waals surface area contributed by atoms with Crippen molar-refractivity contribution in [1.82, 2.24) is 14.8 Å². The highest BCUT2D eigenvalue weighted by Crippen LogP contribution is 2.28. The van der Waals surface area contributed by atoms with Crippen LogP contribution >= 0.6 is 11.3 Å². The van der Waals surface area contributed by atoms with Gasteiger partial charge in [-0.15, -0.1) is 11.3 Å². The van der Waals surface area contributed by atoms with Crippen LogP contribution in [0.15, 0.2) is 35.2 Å². The lowest BCUT2D eigenvalue weighted by molar-refractivity contribution is -0.138. The largest absolute Gasteiger partial charge is 0.341 e. The summed E-state index contributed by atoms with van der Waals surface area (Å²) in [7, 11) is 1.85. The highest BCUT2D eigenvalue weighted by Gasteiger charge is 2.40. The summed E-state index contributed by atoms with van der Waals surface area (Å²) < 4.78 is 0. The van der Waals surface area contributed by atoms with Crippen LogP contribution in [0.25, 0.3) is 11.3 Å². The number of rotatable bonds is 2. The van der Waals surface area contributed by atoms with Crippen molar-refractivity contribution in [2.24, 2.45) is 5.92 Å². The normalized spacial score (nSPS) is 22.8. The molecular weight excluding hydrogens is 336 g/mol. The van der Waals surface area contributed by atoms with Gasteiger partial charge in [0.05, 0.1) is 17.1 Å². The Morgan fingerprint density at radius 2 is 2.04 bits per heavy atom. The number of carbonyl (C=O) groups excluding carboxylic acids is 2. The fourth-order valence-electron chi connectivity index (χ4n) is 3.60. The van der Waals surface area contributed by atoms with E-state index in [1.807, 2.05) is 41.6 Å². The smallest absolute Gasteiger partial charge is 0.321 e. The van der Waals surface area contributed by atoms with Crippen molar-refractivity contribution >= 4 is 29.0 Å². The van der Waals surface area contributed by atoms with Gasteiger partial charge in [-0.05, 0) is 25.0 Å². The number of piperidine rings is 1. The second kappa shape index (κ2) is 6.48. The number of aromatic nitrogens is 1. The maximum atomic E-state index is 12.6. The first-order chi connectivity index (χ1) is 12.1. The first-order valence-electron chi connectivity index (χ1n) is 8.43. The van der Waals surface area contributed by atoms with Gasteiger partial charge in [0, 0.05) is 42.8 Å². The molecule has 2 unspecified atom stereocenters. The zero-order valence-electron chi connectivity index (χ0n) is 14.0. The summed E-state index contributed by atoms with van der Waals surface area (Å²) in [5.41, 5.74) is 4.52. The molecule has 4 heterocycles. The van der Waals surface area contributed by atoms with Crippen LogP contribution in [0.1, 0.15) is 12.8 Å². The molecule has 2 atom stereocenters. The van der Waals surface area contributed by atoms with E-state index in [0.29, 0.717) is 13.1 Å². The minimum atomic E-state index is -0.138. The van der Waals surface area contributed by atoms with E-state index in [-0.39, 0.29) is 23.9 Å². The van der Waals surface area contributed by atoms with Gasteiger partial charge in [-0.25, -0.2) is 9.78 Å². The first-order valence-corrected chi connectivity index (χ1v) is 9.37. The van der Waals surface area contributed by atoms with Crippen LogP contribution in [0.4, 0.5) is 10.5 Å². The van der Waals surface area contributed by atoms with Gasteiger partial charge in [0.25, 0.3) is 0 Å². The van der Waals surface area contributed by atoms with Crippen molar-refractivity contribution in [3.8, 4) is 11.3 Å². The average molecular weight is 356 g/mol. The quantitative estimate of drug-likeness (QED) is 0.900. The summed E-state index contributed by atoms with van der Waals surface area (Å²) in [6, 6.07) is 7.67. The molecule has 130 valence electrons. The van der Waals surface area contributed by atoms with Gasteiger partial charge in [0.1, 0.15) is 0 Å². The fraction of sp³-hybridized carbons (Fsp3) is 0.389. The molecule has 2 aromatic rings. The van der Waals surface area contributed by atoms with Crippen LogP contribution in [0.5, 0.6) is 0 Å². The lowest BCUT2D eigenvalue weighted by Gasteiger charge is -2.32. The molecular formula is C18H20N4O2S. The molecule has 0 radical (unpaired) electrons. The molecule has 5 rings (SSSR count). The number of nitrogens with one attached hydrogen (secondary N) is 1. The third-order valence-corrected chi connectivity index (χ3v) is 5.70. The van der Waals surface area contributed by atoms with E-state index >= 15 is 0 Å². The summed E-state index contributed by atoms with van der Waals surface area (Å²) >= 11 is 1.56. The lowest BCUT2D eigenvalue weighted by atomic mass is 9.95. The third-order valence-electron chi connectivity index (χ3n) is 5.12. The van der Waals surface area contributed by atoms with Gasteiger partial charge < -0.3 is 15.1 Å². The highest BCUT2D eigenvalue weighted by molar-refractivity contribution is 7.07. The molecule has 1 aromatic carbocycles. The van der Waals surface area contributed by atoms with Crippen LogP contribution in [-0.2, 0) is 4.79 Å². The summed E-state index contributed by atoms with van der Waals surface area (Å²) in [6.07, 6.45) is 1.85. The van der Waals surface area contributed by atoms with Crippen molar-refractivity contribution in [3.05, 3.63) is 35.2 Å². The molecule has 0 saturated carbocycles. The summed E-state index contributed by atoms with van der Waals surface area (Å²) in [5.74, 6) is 0.0979. The number of thiazole rings is 1. The van der Waals surface area contributed by atoms with Gasteiger partial charge in [-0.3, -0.25) is 4.79 Å². The predicted molar refractivity (Wildman–Crippen MR) is 97.4 cm³/mol. The Morgan fingerprint density at radius 1 is 1.24 bits per heavy atom. The molecule has 1 N–H and O–H groups in total. The van der Waals surface area contributed by atoms with Crippen molar-refractivity contribution in [1.29, 1.82) is 0 Å². The summed E-state index contributed by atoms with van der Waals surface area (Å²) in [4.78, 5) is 32.8. The van der Waals surface area contributed by atoms with E-state index in [2.05, 4.69) is 10.3 Å². The molecule has 7 heteroatoms. The molecule has 0 aliphatic carbocycles. The first kappa shape index (κ1) is 16.1. The second-order valence-electron chi connectivity index (χ2n) is 6.66. The Labute approximate surface area is 150 Å². The zero-order valence-corrected chi connectivity index (χ0v) is 14.8. The molecule has 2 bridgehead atoms. The molecule has 6 nitrogen and oxygen atoms in total. The van der Waals surface area contributed by atoms with Gasteiger partial charge in [0.2, 0.25) is 5.91 Å².